The third-order valence-electron chi connectivity index (χ3n) is 2.60. The van der Waals surface area contributed by atoms with Crippen LogP contribution in [0.15, 0.2) is 18.2 Å². The fraction of sp³-hybridized carbons (Fsp3) is 0.400. The topological polar surface area (TPSA) is 63.4 Å². The van der Waals surface area contributed by atoms with Crippen LogP contribution in [-0.4, -0.2) is 16.1 Å². The molecule has 4 heteroatoms. The summed E-state index contributed by atoms with van der Waals surface area (Å²) < 4.78 is 0. The average molecular weight is 193 g/mol. The highest BCUT2D eigenvalue weighted by Gasteiger charge is 2.18. The summed E-state index contributed by atoms with van der Waals surface area (Å²) >= 11 is 0. The Bertz CT molecular complexity index is 376. The molecular formula is C10H11NO3. The summed E-state index contributed by atoms with van der Waals surface area (Å²) in [5, 5.41) is 19.9. The summed E-state index contributed by atoms with van der Waals surface area (Å²) in [4.78, 5) is 10.1. The van der Waals surface area contributed by atoms with Crippen LogP contribution in [0.1, 0.15) is 17.5 Å². The number of hydrogen-bond donors (Lipinski definition) is 1. The predicted octanol–water partition coefficient (Wildman–Crippen LogP) is 1.44. The van der Waals surface area contributed by atoms with Gasteiger partial charge in [-0.05, 0) is 30.4 Å². The third-order valence-corrected chi connectivity index (χ3v) is 2.60. The highest BCUT2D eigenvalue weighted by Crippen LogP contribution is 2.25. The number of nitrogens with zero attached hydrogens (tertiary/aromatic N) is 1. The van der Waals surface area contributed by atoms with Crippen LogP contribution in [0.3, 0.4) is 0 Å². The van der Waals surface area contributed by atoms with Crippen LogP contribution < -0.4 is 0 Å². The van der Waals surface area contributed by atoms with Gasteiger partial charge in [-0.1, -0.05) is 6.07 Å². The molecule has 1 aliphatic carbocycles. The zero-order valence-electron chi connectivity index (χ0n) is 7.64. The van der Waals surface area contributed by atoms with Gasteiger partial charge in [-0.25, -0.2) is 0 Å². The second-order valence-corrected chi connectivity index (χ2v) is 3.61. The molecule has 0 amide bonds. The molecule has 0 heterocycles. The molecule has 4 nitrogen and oxygen atoms in total. The summed E-state index contributed by atoms with van der Waals surface area (Å²) in [5.74, 6) is 0. The van der Waals surface area contributed by atoms with Gasteiger partial charge in [-0.15, -0.1) is 0 Å². The van der Waals surface area contributed by atoms with Gasteiger partial charge >= 0.3 is 0 Å². The van der Waals surface area contributed by atoms with Crippen molar-refractivity contribution in [2.24, 2.45) is 0 Å². The smallest absolute Gasteiger partial charge is 0.269 e. The van der Waals surface area contributed by atoms with Crippen LogP contribution in [0.5, 0.6) is 0 Å². The lowest BCUT2D eigenvalue weighted by Crippen LogP contribution is -2.18. The highest BCUT2D eigenvalue weighted by molar-refractivity contribution is 5.41. The van der Waals surface area contributed by atoms with E-state index in [2.05, 4.69) is 0 Å². The zero-order valence-corrected chi connectivity index (χ0v) is 7.64. The van der Waals surface area contributed by atoms with E-state index in [0.29, 0.717) is 12.8 Å². The Morgan fingerprint density at radius 3 is 2.93 bits per heavy atom. The average Bonchev–Trinajstić information content (AvgIpc) is 2.16. The Balaban J connectivity index is 2.36. The van der Waals surface area contributed by atoms with E-state index in [1.165, 1.54) is 6.07 Å². The molecule has 0 aliphatic heterocycles. The quantitative estimate of drug-likeness (QED) is 0.542. The first-order valence-electron chi connectivity index (χ1n) is 4.61. The number of nitro benzene ring substituents is 1. The van der Waals surface area contributed by atoms with Gasteiger partial charge in [0, 0.05) is 12.1 Å². The Morgan fingerprint density at radius 1 is 1.43 bits per heavy atom. The number of hydrogen-bond acceptors (Lipinski definition) is 3. The number of fused-ring (bicyclic) bond motifs is 1. The van der Waals surface area contributed by atoms with E-state index in [1.54, 1.807) is 12.1 Å². The van der Waals surface area contributed by atoms with Crippen LogP contribution in [-0.2, 0) is 12.8 Å². The Hall–Kier alpha value is -1.42. The van der Waals surface area contributed by atoms with Gasteiger partial charge in [0.2, 0.25) is 0 Å². The maximum atomic E-state index is 10.5. The fourth-order valence-corrected chi connectivity index (χ4v) is 1.84. The van der Waals surface area contributed by atoms with Gasteiger partial charge in [0.1, 0.15) is 0 Å². The molecule has 0 aromatic heterocycles. The number of rotatable bonds is 1. The molecule has 2 rings (SSSR count). The molecule has 0 saturated carbocycles. The van der Waals surface area contributed by atoms with E-state index in [0.717, 1.165) is 17.5 Å². The monoisotopic (exact) mass is 193 g/mol. The van der Waals surface area contributed by atoms with Crippen LogP contribution in [0.4, 0.5) is 5.69 Å². The second kappa shape index (κ2) is 3.38. The van der Waals surface area contributed by atoms with Gasteiger partial charge in [0.25, 0.3) is 5.69 Å². The van der Waals surface area contributed by atoms with Gasteiger partial charge in [-0.3, -0.25) is 10.1 Å². The first kappa shape index (κ1) is 9.15. The lowest BCUT2D eigenvalue weighted by atomic mass is 9.89. The molecule has 1 unspecified atom stereocenters. The number of aryl methyl sites for hydroxylation is 1. The summed E-state index contributed by atoms with van der Waals surface area (Å²) in [6, 6.07) is 4.86. The van der Waals surface area contributed by atoms with Crippen molar-refractivity contribution in [3.63, 3.8) is 0 Å². The van der Waals surface area contributed by atoms with Crippen LogP contribution in [0.25, 0.3) is 0 Å². The van der Waals surface area contributed by atoms with Crippen molar-refractivity contribution in [3.8, 4) is 0 Å². The minimum absolute atomic E-state index is 0.139. The fourth-order valence-electron chi connectivity index (χ4n) is 1.84. The molecule has 14 heavy (non-hydrogen) atoms. The molecule has 1 aromatic carbocycles. The van der Waals surface area contributed by atoms with Crippen molar-refractivity contribution in [1.29, 1.82) is 0 Å². The summed E-state index contributed by atoms with van der Waals surface area (Å²) in [7, 11) is 0. The first-order valence-corrected chi connectivity index (χ1v) is 4.61. The van der Waals surface area contributed by atoms with Crippen molar-refractivity contribution in [2.45, 2.75) is 25.4 Å². The molecule has 0 spiro atoms. The number of aliphatic hydroxyl groups excluding tert-OH is 1. The molecule has 1 aromatic rings. The van der Waals surface area contributed by atoms with Gasteiger partial charge in [0.15, 0.2) is 0 Å². The Kier molecular flexibility index (Phi) is 2.21. The SMILES string of the molecule is O=[N+]([O-])c1ccc2c(c1)CCC(O)C2. The Labute approximate surface area is 81.3 Å². The van der Waals surface area contributed by atoms with E-state index in [9.17, 15) is 15.2 Å². The minimum Gasteiger partial charge on any atom is -0.393 e. The molecule has 1 aliphatic rings. The first-order chi connectivity index (χ1) is 6.66. The van der Waals surface area contributed by atoms with E-state index in [4.69, 9.17) is 0 Å². The van der Waals surface area contributed by atoms with Gasteiger partial charge in [-0.2, -0.15) is 0 Å². The predicted molar refractivity (Wildman–Crippen MR) is 51.1 cm³/mol. The van der Waals surface area contributed by atoms with Crippen molar-refractivity contribution in [3.05, 3.63) is 39.4 Å². The zero-order chi connectivity index (χ0) is 10.1. The van der Waals surface area contributed by atoms with Crippen LogP contribution in [0, 0.1) is 10.1 Å². The minimum atomic E-state index is -0.384. The number of nitro groups is 1. The molecule has 1 N–H and O–H groups in total. The lowest BCUT2D eigenvalue weighted by molar-refractivity contribution is -0.384. The maximum absolute atomic E-state index is 10.5. The third kappa shape index (κ3) is 1.61. The number of aliphatic hydroxyl groups is 1. The molecule has 0 saturated heterocycles. The van der Waals surface area contributed by atoms with Crippen molar-refractivity contribution < 1.29 is 10.0 Å². The molecular weight excluding hydrogens is 182 g/mol. The number of non-ortho nitro benzene ring substituents is 1. The molecule has 0 bridgehead atoms. The van der Waals surface area contributed by atoms with Crippen molar-refractivity contribution in [1.82, 2.24) is 0 Å². The normalized spacial score (nSPS) is 20.2. The summed E-state index contributed by atoms with van der Waals surface area (Å²) in [5.41, 5.74) is 2.18. The molecule has 1 atom stereocenters. The standard InChI is InChI=1S/C10H11NO3/c12-10-4-2-7-5-9(11(13)14)3-1-8(7)6-10/h1,3,5,10,12H,2,4,6H2. The van der Waals surface area contributed by atoms with Crippen LogP contribution in [0.2, 0.25) is 0 Å². The summed E-state index contributed by atoms with van der Waals surface area (Å²) in [6.07, 6.45) is 1.77. The van der Waals surface area contributed by atoms with Gasteiger partial charge < -0.3 is 5.11 Å². The van der Waals surface area contributed by atoms with E-state index in [1.807, 2.05) is 0 Å². The molecule has 0 fully saturated rings. The summed E-state index contributed by atoms with van der Waals surface area (Å²) in [6.45, 7) is 0. The van der Waals surface area contributed by atoms with Crippen molar-refractivity contribution in [2.75, 3.05) is 0 Å². The Morgan fingerprint density at radius 2 is 2.21 bits per heavy atom. The lowest BCUT2D eigenvalue weighted by Gasteiger charge is -2.19. The largest absolute Gasteiger partial charge is 0.393 e. The second-order valence-electron chi connectivity index (χ2n) is 3.61. The number of benzene rings is 1. The van der Waals surface area contributed by atoms with E-state index in [-0.39, 0.29) is 16.7 Å². The maximum Gasteiger partial charge on any atom is 0.269 e. The van der Waals surface area contributed by atoms with Crippen molar-refractivity contribution >= 4 is 5.69 Å². The van der Waals surface area contributed by atoms with E-state index >= 15 is 0 Å². The molecule has 0 radical (unpaired) electrons. The molecule has 74 valence electrons. The van der Waals surface area contributed by atoms with Gasteiger partial charge in [0.05, 0.1) is 11.0 Å². The van der Waals surface area contributed by atoms with E-state index < -0.39 is 0 Å². The van der Waals surface area contributed by atoms with Crippen LogP contribution >= 0.6 is 0 Å². The highest BCUT2D eigenvalue weighted by atomic mass is 16.6.